The molecule has 2 heterocycles. The third-order valence-corrected chi connectivity index (χ3v) is 3.79. The molecule has 0 saturated heterocycles. The standard InChI is InChI=1S/C18H15N3O3/c1-23-12-5-3-4-11(8-12)21-18(22)15-10-19-16-7-6-13(24-2)9-14(16)17(15)20-21/h3-10,19H,1-2H3/i1D3,2D3. The second kappa shape index (κ2) is 5.42. The molecule has 2 aliphatic heterocycles. The van der Waals surface area contributed by atoms with Crippen molar-refractivity contribution in [2.75, 3.05) is 14.1 Å². The van der Waals surface area contributed by atoms with Crippen LogP contribution in [-0.2, 0) is 0 Å². The van der Waals surface area contributed by atoms with E-state index in [1.165, 1.54) is 30.5 Å². The number of aromatic amines is 1. The maximum atomic E-state index is 12.9. The van der Waals surface area contributed by atoms with Gasteiger partial charge in [-0.1, -0.05) is 6.07 Å². The molecule has 0 unspecified atom stereocenters. The molecule has 0 radical (unpaired) electrons. The number of hydrogen-bond acceptors (Lipinski definition) is 4. The van der Waals surface area contributed by atoms with Crippen LogP contribution in [0.15, 0.2) is 53.5 Å². The van der Waals surface area contributed by atoms with Gasteiger partial charge in [0, 0.05) is 23.2 Å². The summed E-state index contributed by atoms with van der Waals surface area (Å²) in [7, 11) is -5.24. The largest absolute Gasteiger partial charge is 0.497 e. The first-order valence-corrected chi connectivity index (χ1v) is 7.03. The van der Waals surface area contributed by atoms with Crippen molar-refractivity contribution in [3.8, 4) is 28.4 Å². The normalized spacial score (nSPS) is 15.8. The summed E-state index contributed by atoms with van der Waals surface area (Å²) in [4.78, 5) is 15.9. The van der Waals surface area contributed by atoms with Crippen LogP contribution in [0.1, 0.15) is 8.22 Å². The molecule has 24 heavy (non-hydrogen) atoms. The number of nitrogens with zero attached hydrogens (tertiary/aromatic N) is 2. The Morgan fingerprint density at radius 1 is 1.12 bits per heavy atom. The number of nitrogens with one attached hydrogen (secondary N) is 1. The highest BCUT2D eigenvalue weighted by Crippen LogP contribution is 2.29. The second-order valence-corrected chi connectivity index (χ2v) is 5.18. The van der Waals surface area contributed by atoms with Gasteiger partial charge in [-0.05, 0) is 30.3 Å². The fourth-order valence-corrected chi connectivity index (χ4v) is 2.66. The zero-order chi connectivity index (χ0) is 21.7. The van der Waals surface area contributed by atoms with E-state index in [9.17, 15) is 4.79 Å². The van der Waals surface area contributed by atoms with Gasteiger partial charge in [0.2, 0.25) is 0 Å². The number of ether oxygens (including phenoxy) is 2. The van der Waals surface area contributed by atoms with Crippen molar-refractivity contribution >= 4 is 10.9 Å². The first-order valence-electron chi connectivity index (χ1n) is 10.0. The van der Waals surface area contributed by atoms with Crippen molar-refractivity contribution in [2.45, 2.75) is 0 Å². The Kier molecular flexibility index (Phi) is 2.06. The molecule has 0 atom stereocenters. The number of fused-ring (bicyclic) bond motifs is 3. The summed E-state index contributed by atoms with van der Waals surface area (Å²) in [6.07, 6.45) is 1.51. The summed E-state index contributed by atoms with van der Waals surface area (Å²) < 4.78 is 54.4. The van der Waals surface area contributed by atoms with Crippen LogP contribution in [0, 0.1) is 0 Å². The van der Waals surface area contributed by atoms with Crippen LogP contribution in [0.2, 0.25) is 0 Å². The van der Waals surface area contributed by atoms with E-state index < -0.39 is 19.6 Å². The average Bonchev–Trinajstić information content (AvgIpc) is 2.96. The van der Waals surface area contributed by atoms with Crippen molar-refractivity contribution in [3.05, 3.63) is 59.0 Å². The Morgan fingerprint density at radius 3 is 2.79 bits per heavy atom. The van der Waals surface area contributed by atoms with Gasteiger partial charge in [-0.2, -0.15) is 9.78 Å². The molecule has 1 N–H and O–H groups in total. The predicted octanol–water partition coefficient (Wildman–Crippen LogP) is 2.84. The van der Waals surface area contributed by atoms with E-state index in [1.54, 1.807) is 18.2 Å². The first kappa shape index (κ1) is 9.12. The molecule has 120 valence electrons. The number of rotatable bonds is 3. The van der Waals surface area contributed by atoms with E-state index in [2.05, 4.69) is 10.1 Å². The van der Waals surface area contributed by atoms with Gasteiger partial charge < -0.3 is 14.5 Å². The maximum Gasteiger partial charge on any atom is 0.282 e. The summed E-state index contributed by atoms with van der Waals surface area (Å²) in [5.41, 5.74) is 1.13. The van der Waals surface area contributed by atoms with Gasteiger partial charge in [-0.3, -0.25) is 4.79 Å². The van der Waals surface area contributed by atoms with Crippen LogP contribution in [0.5, 0.6) is 11.5 Å². The molecule has 6 heteroatoms. The Labute approximate surface area is 146 Å². The van der Waals surface area contributed by atoms with E-state index in [-0.39, 0.29) is 17.1 Å². The molecule has 0 amide bonds. The molecule has 0 spiro atoms. The fourth-order valence-electron chi connectivity index (χ4n) is 2.66. The number of benzene rings is 2. The van der Waals surface area contributed by atoms with Crippen molar-refractivity contribution in [2.24, 2.45) is 0 Å². The van der Waals surface area contributed by atoms with Gasteiger partial charge in [-0.15, -0.1) is 0 Å². The lowest BCUT2D eigenvalue weighted by Crippen LogP contribution is -2.14. The van der Waals surface area contributed by atoms with Crippen molar-refractivity contribution in [3.63, 3.8) is 0 Å². The average molecular weight is 327 g/mol. The molecule has 4 rings (SSSR count). The van der Waals surface area contributed by atoms with E-state index >= 15 is 0 Å². The number of aromatic nitrogens is 3. The molecule has 0 bridgehead atoms. The highest BCUT2D eigenvalue weighted by Gasteiger charge is 2.19. The molecule has 2 aromatic rings. The third kappa shape index (κ3) is 2.11. The minimum absolute atomic E-state index is 0.0660. The number of hydrogen-bond donors (Lipinski definition) is 1. The zero-order valence-corrected chi connectivity index (χ0v) is 12.2. The molecule has 2 aliphatic rings. The molecule has 0 saturated carbocycles. The Balaban J connectivity index is 1.84. The van der Waals surface area contributed by atoms with Crippen LogP contribution in [-0.4, -0.2) is 28.8 Å². The minimum atomic E-state index is -2.63. The molecule has 0 fully saturated rings. The first-order chi connectivity index (χ1) is 14.0. The topological polar surface area (TPSA) is 69.1 Å². The Morgan fingerprint density at radius 2 is 1.96 bits per heavy atom. The minimum Gasteiger partial charge on any atom is -0.497 e. The van der Waals surface area contributed by atoms with Gasteiger partial charge >= 0.3 is 0 Å². The highest BCUT2D eigenvalue weighted by atomic mass is 16.5. The number of pyridine rings is 1. The van der Waals surface area contributed by atoms with Gasteiger partial charge in [0.15, 0.2) is 0 Å². The fraction of sp³-hybridized carbons (Fsp3) is 0.111. The Bertz CT molecular complexity index is 1260. The van der Waals surface area contributed by atoms with Crippen LogP contribution in [0.4, 0.5) is 0 Å². The summed E-state index contributed by atoms with van der Waals surface area (Å²) in [6.45, 7) is 0. The lowest BCUT2D eigenvalue weighted by molar-refractivity contribution is 0.414. The van der Waals surface area contributed by atoms with Crippen molar-refractivity contribution in [1.29, 1.82) is 0 Å². The lowest BCUT2D eigenvalue weighted by Gasteiger charge is -2.05. The molecular formula is C18H15N3O3. The molecule has 6 nitrogen and oxygen atoms in total. The van der Waals surface area contributed by atoms with Gasteiger partial charge in [0.25, 0.3) is 5.56 Å². The molecule has 2 aromatic carbocycles. The Hall–Kier alpha value is -3.28. The summed E-state index contributed by atoms with van der Waals surface area (Å²) in [5.74, 6) is 0.176. The van der Waals surface area contributed by atoms with Crippen molar-refractivity contribution in [1.82, 2.24) is 14.8 Å². The van der Waals surface area contributed by atoms with Gasteiger partial charge in [0.05, 0.1) is 33.6 Å². The predicted molar refractivity (Wildman–Crippen MR) is 91.4 cm³/mol. The van der Waals surface area contributed by atoms with E-state index in [4.69, 9.17) is 17.7 Å². The third-order valence-electron chi connectivity index (χ3n) is 3.79. The molecule has 0 aromatic heterocycles. The molecule has 0 aliphatic carbocycles. The van der Waals surface area contributed by atoms with Crippen molar-refractivity contribution < 1.29 is 17.7 Å². The molecular weight excluding hydrogens is 306 g/mol. The quantitative estimate of drug-likeness (QED) is 0.628. The lowest BCUT2D eigenvalue weighted by atomic mass is 10.1. The zero-order valence-electron chi connectivity index (χ0n) is 18.2. The van der Waals surface area contributed by atoms with Gasteiger partial charge in [0.1, 0.15) is 17.2 Å². The number of H-pyrrole nitrogens is 1. The maximum absolute atomic E-state index is 12.9. The summed E-state index contributed by atoms with van der Waals surface area (Å²) in [6, 6.07) is 10.6. The summed E-state index contributed by atoms with van der Waals surface area (Å²) in [5, 5.41) is 4.88. The van der Waals surface area contributed by atoms with Crippen LogP contribution in [0.25, 0.3) is 27.8 Å². The van der Waals surface area contributed by atoms with E-state index in [0.29, 0.717) is 22.3 Å². The van der Waals surface area contributed by atoms with Crippen LogP contribution >= 0.6 is 0 Å². The van der Waals surface area contributed by atoms with E-state index in [1.807, 2.05) is 0 Å². The van der Waals surface area contributed by atoms with E-state index in [0.717, 1.165) is 4.68 Å². The second-order valence-electron chi connectivity index (χ2n) is 5.18. The monoisotopic (exact) mass is 327 g/mol. The highest BCUT2D eigenvalue weighted by molar-refractivity contribution is 5.94. The smallest absolute Gasteiger partial charge is 0.282 e. The van der Waals surface area contributed by atoms with Crippen LogP contribution in [0.3, 0.4) is 0 Å². The number of methoxy groups -OCH3 is 2. The SMILES string of the molecule is [2H]C([2H])([2H])Oc1cccc(-n2nc3c4cc(OC([2H])([2H])[2H])ccc4[nH]cc-3c2=O)c1. The van der Waals surface area contributed by atoms with Gasteiger partial charge in [-0.25, -0.2) is 0 Å². The van der Waals surface area contributed by atoms with Crippen LogP contribution < -0.4 is 15.0 Å². The summed E-state index contributed by atoms with van der Waals surface area (Å²) >= 11 is 0.